The summed E-state index contributed by atoms with van der Waals surface area (Å²) < 4.78 is 39.0. The number of tetrazole rings is 1. The third kappa shape index (κ3) is 3.12. The smallest absolute Gasteiger partial charge is 0.346 e. The van der Waals surface area contributed by atoms with Crippen LogP contribution in [0.3, 0.4) is 0 Å². The molecule has 1 N–H and O–H groups in total. The summed E-state index contributed by atoms with van der Waals surface area (Å²) in [6, 6.07) is 3.70. The highest BCUT2D eigenvalue weighted by atomic mass is 19.4. The van der Waals surface area contributed by atoms with Gasteiger partial charge in [0.2, 0.25) is 0 Å². The van der Waals surface area contributed by atoms with E-state index < -0.39 is 11.7 Å². The Labute approximate surface area is 111 Å². The van der Waals surface area contributed by atoms with E-state index in [0.29, 0.717) is 0 Å². The molecule has 1 heterocycles. The van der Waals surface area contributed by atoms with E-state index in [1.165, 1.54) is 19.2 Å². The predicted molar refractivity (Wildman–Crippen MR) is 61.7 cm³/mol. The van der Waals surface area contributed by atoms with Crippen molar-refractivity contribution in [1.29, 1.82) is 0 Å². The molecule has 0 radical (unpaired) electrons. The number of hydrogen-bond acceptors (Lipinski definition) is 5. The molecule has 0 fully saturated rings. The zero-order valence-corrected chi connectivity index (χ0v) is 10.2. The van der Waals surface area contributed by atoms with Gasteiger partial charge in [0, 0.05) is 5.56 Å². The largest absolute Gasteiger partial charge is 0.417 e. The van der Waals surface area contributed by atoms with Crippen molar-refractivity contribution in [2.75, 3.05) is 7.11 Å². The first kappa shape index (κ1) is 14.0. The molecule has 0 bridgehead atoms. The molecule has 106 valence electrons. The Morgan fingerprint density at radius 3 is 2.70 bits per heavy atom. The first-order chi connectivity index (χ1) is 9.52. The van der Waals surface area contributed by atoms with Crippen LogP contribution in [-0.2, 0) is 16.0 Å². The van der Waals surface area contributed by atoms with Gasteiger partial charge < -0.3 is 4.89 Å². The summed E-state index contributed by atoms with van der Waals surface area (Å²) in [5.41, 5.74) is -0.666. The van der Waals surface area contributed by atoms with Gasteiger partial charge in [-0.15, -0.1) is 5.10 Å². The summed E-state index contributed by atoms with van der Waals surface area (Å²) in [7, 11) is 1.25. The van der Waals surface area contributed by atoms with E-state index in [4.69, 9.17) is 0 Å². The Balaban J connectivity index is 2.43. The second kappa shape index (κ2) is 5.70. The molecule has 0 aliphatic carbocycles. The standard InChI is InChI=1S/C11H9F3N4O2/c1-19-20-5-4-7-2-3-8(10-15-17-18-16-10)6-9(7)11(12,13)14/h2-6H,1H3,(H,15,16,17,18)/b5-4+. The van der Waals surface area contributed by atoms with Crippen LogP contribution in [0, 0.1) is 0 Å². The van der Waals surface area contributed by atoms with Gasteiger partial charge >= 0.3 is 6.18 Å². The molecule has 2 aromatic rings. The Morgan fingerprint density at radius 2 is 2.10 bits per heavy atom. The fourth-order valence-electron chi connectivity index (χ4n) is 1.53. The summed E-state index contributed by atoms with van der Waals surface area (Å²) >= 11 is 0. The molecular formula is C11H9F3N4O2. The Kier molecular flexibility index (Phi) is 3.99. The quantitative estimate of drug-likeness (QED) is 0.531. The van der Waals surface area contributed by atoms with Gasteiger partial charge in [-0.2, -0.15) is 18.1 Å². The van der Waals surface area contributed by atoms with Crippen LogP contribution in [0.4, 0.5) is 13.2 Å². The highest BCUT2D eigenvalue weighted by Gasteiger charge is 2.33. The minimum Gasteiger partial charge on any atom is -0.346 e. The Bertz CT molecular complexity index is 596. The van der Waals surface area contributed by atoms with Gasteiger partial charge in [0.1, 0.15) is 6.26 Å². The molecule has 0 spiro atoms. The molecule has 0 unspecified atom stereocenters. The summed E-state index contributed by atoms with van der Waals surface area (Å²) in [6.07, 6.45) is -2.36. The lowest BCUT2D eigenvalue weighted by Gasteiger charge is -2.11. The van der Waals surface area contributed by atoms with E-state index in [-0.39, 0.29) is 17.0 Å². The Morgan fingerprint density at radius 1 is 1.30 bits per heavy atom. The summed E-state index contributed by atoms with van der Waals surface area (Å²) in [4.78, 5) is 8.69. The molecule has 6 nitrogen and oxygen atoms in total. The molecule has 0 saturated carbocycles. The number of hydrogen-bond donors (Lipinski definition) is 1. The molecule has 1 aromatic carbocycles. The lowest BCUT2D eigenvalue weighted by molar-refractivity contribution is -0.221. The number of aromatic amines is 1. The summed E-state index contributed by atoms with van der Waals surface area (Å²) in [5.74, 6) is 0.152. The molecule has 20 heavy (non-hydrogen) atoms. The molecule has 9 heteroatoms. The minimum atomic E-state index is -4.52. The Hall–Kier alpha value is -2.42. The lowest BCUT2D eigenvalue weighted by atomic mass is 10.0. The van der Waals surface area contributed by atoms with Gasteiger partial charge in [-0.3, -0.25) is 0 Å². The van der Waals surface area contributed by atoms with E-state index in [9.17, 15) is 13.2 Å². The third-order valence-electron chi connectivity index (χ3n) is 2.38. The highest BCUT2D eigenvalue weighted by Crippen LogP contribution is 2.34. The maximum Gasteiger partial charge on any atom is 0.417 e. The first-order valence-electron chi connectivity index (χ1n) is 5.33. The van der Waals surface area contributed by atoms with Crippen molar-refractivity contribution >= 4 is 6.08 Å². The minimum absolute atomic E-state index is 0.0641. The number of halogens is 3. The van der Waals surface area contributed by atoms with Crippen LogP contribution in [0.15, 0.2) is 24.5 Å². The van der Waals surface area contributed by atoms with Crippen molar-refractivity contribution in [3.63, 3.8) is 0 Å². The van der Waals surface area contributed by atoms with Crippen molar-refractivity contribution in [3.05, 3.63) is 35.6 Å². The zero-order chi connectivity index (χ0) is 14.6. The van der Waals surface area contributed by atoms with Crippen molar-refractivity contribution < 1.29 is 22.9 Å². The fourth-order valence-corrected chi connectivity index (χ4v) is 1.53. The fraction of sp³-hybridized carbons (Fsp3) is 0.182. The SMILES string of the molecule is COO/C=C/c1ccc(-c2nnn[nH]2)cc1C(F)(F)F. The topological polar surface area (TPSA) is 72.9 Å². The van der Waals surface area contributed by atoms with Gasteiger partial charge in [-0.1, -0.05) is 12.1 Å². The van der Waals surface area contributed by atoms with Crippen LogP contribution in [0.1, 0.15) is 11.1 Å². The van der Waals surface area contributed by atoms with Gasteiger partial charge in [-0.25, -0.2) is 5.10 Å². The van der Waals surface area contributed by atoms with Gasteiger partial charge in [0.25, 0.3) is 0 Å². The van der Waals surface area contributed by atoms with Crippen LogP contribution in [-0.4, -0.2) is 27.7 Å². The predicted octanol–water partition coefficient (Wildman–Crippen LogP) is 2.43. The van der Waals surface area contributed by atoms with E-state index in [2.05, 4.69) is 30.4 Å². The van der Waals surface area contributed by atoms with Gasteiger partial charge in [0.05, 0.1) is 12.7 Å². The van der Waals surface area contributed by atoms with Crippen molar-refractivity contribution in [2.24, 2.45) is 0 Å². The van der Waals surface area contributed by atoms with Crippen LogP contribution in [0.2, 0.25) is 0 Å². The first-order valence-corrected chi connectivity index (χ1v) is 5.33. The number of nitrogens with zero attached hydrogens (tertiary/aromatic N) is 3. The van der Waals surface area contributed by atoms with Crippen molar-refractivity contribution in [1.82, 2.24) is 20.6 Å². The lowest BCUT2D eigenvalue weighted by Crippen LogP contribution is -2.07. The van der Waals surface area contributed by atoms with E-state index in [1.54, 1.807) is 0 Å². The zero-order valence-electron chi connectivity index (χ0n) is 10.2. The van der Waals surface area contributed by atoms with E-state index in [1.807, 2.05) is 0 Å². The van der Waals surface area contributed by atoms with Crippen LogP contribution in [0.5, 0.6) is 0 Å². The molecule has 0 amide bonds. The number of H-pyrrole nitrogens is 1. The monoisotopic (exact) mass is 286 g/mol. The van der Waals surface area contributed by atoms with Gasteiger partial charge in [0.15, 0.2) is 5.82 Å². The van der Waals surface area contributed by atoms with E-state index >= 15 is 0 Å². The number of benzene rings is 1. The maximum atomic E-state index is 13.0. The van der Waals surface area contributed by atoms with Crippen LogP contribution in [0.25, 0.3) is 17.5 Å². The van der Waals surface area contributed by atoms with Crippen molar-refractivity contribution in [2.45, 2.75) is 6.18 Å². The second-order valence-corrected chi connectivity index (χ2v) is 3.62. The molecule has 2 rings (SSSR count). The van der Waals surface area contributed by atoms with Crippen LogP contribution < -0.4 is 0 Å². The molecular weight excluding hydrogens is 277 g/mol. The number of alkyl halides is 3. The molecule has 0 atom stereocenters. The number of nitrogens with one attached hydrogen (secondary N) is 1. The number of aromatic nitrogens is 4. The average Bonchev–Trinajstić information content (AvgIpc) is 2.92. The molecule has 0 aliphatic rings. The second-order valence-electron chi connectivity index (χ2n) is 3.62. The summed E-state index contributed by atoms with van der Waals surface area (Å²) in [5, 5.41) is 12.6. The summed E-state index contributed by atoms with van der Waals surface area (Å²) in [6.45, 7) is 0. The molecule has 0 saturated heterocycles. The van der Waals surface area contributed by atoms with Crippen LogP contribution >= 0.6 is 0 Å². The van der Waals surface area contributed by atoms with Gasteiger partial charge in [-0.05, 0) is 28.1 Å². The van der Waals surface area contributed by atoms with Crippen molar-refractivity contribution in [3.8, 4) is 11.4 Å². The highest BCUT2D eigenvalue weighted by molar-refractivity contribution is 5.63. The molecule has 0 aliphatic heterocycles. The number of rotatable bonds is 4. The normalized spacial score (nSPS) is 12.0. The third-order valence-corrected chi connectivity index (χ3v) is 2.38. The molecule has 1 aromatic heterocycles. The average molecular weight is 286 g/mol. The maximum absolute atomic E-state index is 13.0. The van der Waals surface area contributed by atoms with E-state index in [0.717, 1.165) is 18.4 Å².